The zero-order valence-electron chi connectivity index (χ0n) is 14.6. The molecule has 130 valence electrons. The minimum Gasteiger partial charge on any atom is -0.383 e. The highest BCUT2D eigenvalue weighted by Crippen LogP contribution is 2.40. The van der Waals surface area contributed by atoms with Crippen molar-refractivity contribution in [3.05, 3.63) is 35.4 Å². The number of piperidine rings is 1. The fourth-order valence-corrected chi connectivity index (χ4v) is 3.97. The molecule has 0 N–H and O–H groups in total. The first-order chi connectivity index (χ1) is 11.6. The summed E-state index contributed by atoms with van der Waals surface area (Å²) in [5.41, 5.74) is 1.35. The third-order valence-corrected chi connectivity index (χ3v) is 5.41. The van der Waals surface area contributed by atoms with Crippen LogP contribution in [-0.2, 0) is 9.53 Å². The maximum atomic E-state index is 13.0. The Bertz CT molecular complexity index is 631. The molecule has 0 aromatic heterocycles. The molecule has 1 aromatic rings. The molecule has 0 aliphatic carbocycles. The number of hydrogen-bond donors (Lipinski definition) is 0. The molecule has 2 saturated heterocycles. The number of ether oxygens (including phenoxy) is 1. The summed E-state index contributed by atoms with van der Waals surface area (Å²) in [6.45, 7) is 5.17. The normalized spacial score (nSPS) is 24.0. The molecule has 1 aromatic carbocycles. The Hall–Kier alpha value is -1.88. The van der Waals surface area contributed by atoms with Gasteiger partial charge in [-0.3, -0.25) is 9.59 Å². The van der Waals surface area contributed by atoms with Crippen LogP contribution in [0.15, 0.2) is 24.3 Å². The summed E-state index contributed by atoms with van der Waals surface area (Å²) < 4.78 is 5.12. The largest absolute Gasteiger partial charge is 0.383 e. The van der Waals surface area contributed by atoms with Gasteiger partial charge in [0.05, 0.1) is 12.0 Å². The Balaban J connectivity index is 1.73. The predicted octanol–water partition coefficient (Wildman–Crippen LogP) is 2.10. The lowest BCUT2D eigenvalue weighted by Gasteiger charge is -2.39. The lowest BCUT2D eigenvalue weighted by Crippen LogP contribution is -2.51. The molecule has 2 fully saturated rings. The van der Waals surface area contributed by atoms with E-state index < -0.39 is 0 Å². The van der Waals surface area contributed by atoms with E-state index in [0.717, 1.165) is 36.9 Å². The van der Waals surface area contributed by atoms with Crippen LogP contribution >= 0.6 is 0 Å². The van der Waals surface area contributed by atoms with Crippen molar-refractivity contribution in [3.63, 3.8) is 0 Å². The van der Waals surface area contributed by atoms with E-state index in [4.69, 9.17) is 4.74 Å². The Morgan fingerprint density at radius 2 is 2.04 bits per heavy atom. The van der Waals surface area contributed by atoms with Gasteiger partial charge in [-0.25, -0.2) is 0 Å². The molecule has 5 nitrogen and oxygen atoms in total. The molecule has 2 heterocycles. The van der Waals surface area contributed by atoms with Gasteiger partial charge in [-0.1, -0.05) is 18.2 Å². The fourth-order valence-electron chi connectivity index (χ4n) is 3.97. The van der Waals surface area contributed by atoms with E-state index in [0.29, 0.717) is 26.2 Å². The number of carbonyl (C=O) groups is 2. The van der Waals surface area contributed by atoms with Gasteiger partial charge in [-0.2, -0.15) is 0 Å². The lowest BCUT2D eigenvalue weighted by atomic mass is 9.78. The summed E-state index contributed by atoms with van der Waals surface area (Å²) in [6, 6.07) is 7.66. The second-order valence-corrected chi connectivity index (χ2v) is 6.96. The van der Waals surface area contributed by atoms with Gasteiger partial charge < -0.3 is 14.5 Å². The summed E-state index contributed by atoms with van der Waals surface area (Å²) in [6.07, 6.45) is 2.65. The lowest BCUT2D eigenvalue weighted by molar-refractivity contribution is -0.146. The van der Waals surface area contributed by atoms with E-state index in [1.54, 1.807) is 7.11 Å². The summed E-state index contributed by atoms with van der Waals surface area (Å²) in [4.78, 5) is 29.6. The van der Waals surface area contributed by atoms with E-state index in [9.17, 15) is 9.59 Å². The highest BCUT2D eigenvalue weighted by atomic mass is 16.5. The Morgan fingerprint density at radius 3 is 2.79 bits per heavy atom. The van der Waals surface area contributed by atoms with Crippen molar-refractivity contribution >= 4 is 11.8 Å². The van der Waals surface area contributed by atoms with Crippen LogP contribution in [0.3, 0.4) is 0 Å². The number of rotatable bonds is 4. The summed E-state index contributed by atoms with van der Waals surface area (Å²) in [5.74, 6) is 0.248. The van der Waals surface area contributed by atoms with E-state index in [2.05, 4.69) is 0 Å². The van der Waals surface area contributed by atoms with Gasteiger partial charge >= 0.3 is 0 Å². The zero-order valence-corrected chi connectivity index (χ0v) is 14.6. The molecule has 2 amide bonds. The Morgan fingerprint density at radius 1 is 1.25 bits per heavy atom. The third kappa shape index (κ3) is 3.05. The van der Waals surface area contributed by atoms with Crippen LogP contribution in [0.5, 0.6) is 0 Å². The number of nitrogens with zero attached hydrogens (tertiary/aromatic N) is 2. The van der Waals surface area contributed by atoms with Crippen molar-refractivity contribution in [1.29, 1.82) is 0 Å². The van der Waals surface area contributed by atoms with Crippen LogP contribution in [0.25, 0.3) is 0 Å². The van der Waals surface area contributed by atoms with Crippen molar-refractivity contribution in [2.75, 3.05) is 39.9 Å². The minimum atomic E-state index is -0.385. The number of carbonyl (C=O) groups excluding carboxylic acids is 2. The first kappa shape index (κ1) is 17.0. The molecule has 2 aliphatic heterocycles. The van der Waals surface area contributed by atoms with Crippen LogP contribution in [0.4, 0.5) is 0 Å². The van der Waals surface area contributed by atoms with Gasteiger partial charge in [0.25, 0.3) is 5.91 Å². The molecule has 3 rings (SSSR count). The van der Waals surface area contributed by atoms with E-state index in [1.165, 1.54) is 0 Å². The van der Waals surface area contributed by atoms with Gasteiger partial charge in [0, 0.05) is 38.9 Å². The quantitative estimate of drug-likeness (QED) is 0.849. The average Bonchev–Trinajstić information content (AvgIpc) is 3.01. The summed E-state index contributed by atoms with van der Waals surface area (Å²) in [7, 11) is 1.66. The molecule has 5 heteroatoms. The van der Waals surface area contributed by atoms with Crippen LogP contribution in [0, 0.1) is 12.3 Å². The first-order valence-electron chi connectivity index (χ1n) is 8.71. The van der Waals surface area contributed by atoms with Crippen LogP contribution in [-0.4, -0.2) is 61.5 Å². The monoisotopic (exact) mass is 330 g/mol. The van der Waals surface area contributed by atoms with Gasteiger partial charge in [0.2, 0.25) is 5.91 Å². The summed E-state index contributed by atoms with van der Waals surface area (Å²) >= 11 is 0. The van der Waals surface area contributed by atoms with Crippen LogP contribution < -0.4 is 0 Å². The van der Waals surface area contributed by atoms with Crippen molar-refractivity contribution < 1.29 is 14.3 Å². The number of likely N-dealkylation sites (tertiary alicyclic amines) is 2. The molecule has 0 unspecified atom stereocenters. The maximum absolute atomic E-state index is 13.0. The number of methoxy groups -OCH3 is 1. The smallest absolute Gasteiger partial charge is 0.254 e. The van der Waals surface area contributed by atoms with Crippen molar-refractivity contribution in [1.82, 2.24) is 9.80 Å². The van der Waals surface area contributed by atoms with Gasteiger partial charge in [0.1, 0.15) is 0 Å². The molecular weight excluding hydrogens is 304 g/mol. The SMILES string of the molecule is COCCN1CCC[C@]2(CCN(C(=O)c3ccccc3C)C2)C1=O. The van der Waals surface area contributed by atoms with E-state index in [-0.39, 0.29) is 17.2 Å². The second kappa shape index (κ2) is 6.93. The number of aryl methyl sites for hydroxylation is 1. The van der Waals surface area contributed by atoms with Gasteiger partial charge in [-0.15, -0.1) is 0 Å². The predicted molar refractivity (Wildman–Crippen MR) is 91.8 cm³/mol. The summed E-state index contributed by atoms with van der Waals surface area (Å²) in [5, 5.41) is 0. The topological polar surface area (TPSA) is 49.9 Å². The third-order valence-electron chi connectivity index (χ3n) is 5.41. The van der Waals surface area contributed by atoms with Crippen molar-refractivity contribution in [3.8, 4) is 0 Å². The van der Waals surface area contributed by atoms with Crippen molar-refractivity contribution in [2.24, 2.45) is 5.41 Å². The maximum Gasteiger partial charge on any atom is 0.254 e. The Kier molecular flexibility index (Phi) is 4.90. The fraction of sp³-hybridized carbons (Fsp3) is 0.579. The van der Waals surface area contributed by atoms with Crippen LogP contribution in [0.2, 0.25) is 0 Å². The molecule has 24 heavy (non-hydrogen) atoms. The van der Waals surface area contributed by atoms with E-state index in [1.807, 2.05) is 41.0 Å². The number of hydrogen-bond acceptors (Lipinski definition) is 3. The first-order valence-corrected chi connectivity index (χ1v) is 8.71. The van der Waals surface area contributed by atoms with Crippen LogP contribution in [0.1, 0.15) is 35.2 Å². The average molecular weight is 330 g/mol. The van der Waals surface area contributed by atoms with E-state index >= 15 is 0 Å². The molecule has 0 bridgehead atoms. The molecule has 2 aliphatic rings. The molecule has 1 atom stereocenters. The highest BCUT2D eigenvalue weighted by Gasteiger charge is 2.49. The standard InChI is InChI=1S/C19H26N2O3/c1-15-6-3-4-7-16(15)17(22)21-11-9-19(14-21)8-5-10-20(18(19)23)12-13-24-2/h3-4,6-7H,5,8-14H2,1-2H3/t19-/m1/s1. The van der Waals surface area contributed by atoms with Crippen molar-refractivity contribution in [2.45, 2.75) is 26.2 Å². The molecule has 0 radical (unpaired) electrons. The zero-order chi connectivity index (χ0) is 17.2. The highest BCUT2D eigenvalue weighted by molar-refractivity contribution is 5.96. The molecule has 1 spiro atoms. The number of amides is 2. The second-order valence-electron chi connectivity index (χ2n) is 6.96. The Labute approximate surface area is 143 Å². The minimum absolute atomic E-state index is 0.0480. The van der Waals surface area contributed by atoms with Gasteiger partial charge in [-0.05, 0) is 37.8 Å². The molecule has 0 saturated carbocycles. The van der Waals surface area contributed by atoms with Gasteiger partial charge in [0.15, 0.2) is 0 Å². The number of benzene rings is 1. The molecular formula is C19H26N2O3.